The topological polar surface area (TPSA) is 252 Å². The molecule has 3 atom stereocenters. The highest BCUT2D eigenvalue weighted by Gasteiger charge is 2.36. The molecule has 224 valence electrons. The highest BCUT2D eigenvalue weighted by atomic mass is 16.4. The molecule has 1 heterocycles. The molecule has 41 heavy (non-hydrogen) atoms. The number of nitrogens with one attached hydrogen (secondary N) is 2. The Balaban J connectivity index is 2.35. The van der Waals surface area contributed by atoms with Crippen molar-refractivity contribution in [2.75, 3.05) is 6.54 Å². The van der Waals surface area contributed by atoms with E-state index >= 15 is 0 Å². The molecule has 1 aromatic carbocycles. The van der Waals surface area contributed by atoms with Crippen molar-refractivity contribution in [1.29, 1.82) is 0 Å². The Morgan fingerprint density at radius 1 is 0.927 bits per heavy atom. The van der Waals surface area contributed by atoms with Crippen LogP contribution in [-0.2, 0) is 35.2 Å². The fraction of sp³-hybridized carbons (Fsp3) is 0.481. The van der Waals surface area contributed by atoms with Crippen molar-refractivity contribution in [1.82, 2.24) is 15.2 Å². The minimum Gasteiger partial charge on any atom is -0.481 e. The number of aliphatic carboxylic acids is 2. The van der Waals surface area contributed by atoms with Gasteiger partial charge < -0.3 is 37.7 Å². The number of imide groups is 1. The minimum absolute atomic E-state index is 0.120. The molecule has 1 aromatic heterocycles. The van der Waals surface area contributed by atoms with Crippen molar-refractivity contribution in [2.24, 2.45) is 17.2 Å². The fourth-order valence-corrected chi connectivity index (χ4v) is 4.37. The molecule has 4 amide bonds. The van der Waals surface area contributed by atoms with Crippen LogP contribution in [-0.4, -0.2) is 80.3 Å². The van der Waals surface area contributed by atoms with Crippen molar-refractivity contribution in [3.05, 3.63) is 36.0 Å². The maximum Gasteiger partial charge on any atom is 0.326 e. The third-order valence-electron chi connectivity index (χ3n) is 6.63. The molecule has 0 radical (unpaired) electrons. The van der Waals surface area contributed by atoms with Crippen LogP contribution in [0.2, 0.25) is 0 Å². The molecule has 0 fully saturated rings. The van der Waals surface area contributed by atoms with E-state index in [1.165, 1.54) is 0 Å². The highest BCUT2D eigenvalue weighted by molar-refractivity contribution is 6.01. The molecule has 2 rings (SSSR count). The van der Waals surface area contributed by atoms with E-state index in [0.29, 0.717) is 36.3 Å². The number of hydrogen-bond acceptors (Lipinski definition) is 8. The molecule has 0 aliphatic rings. The zero-order valence-corrected chi connectivity index (χ0v) is 22.7. The van der Waals surface area contributed by atoms with Gasteiger partial charge in [0.15, 0.2) is 0 Å². The summed E-state index contributed by atoms with van der Waals surface area (Å²) in [6, 6.07) is 2.94. The van der Waals surface area contributed by atoms with Crippen molar-refractivity contribution < 1.29 is 39.0 Å². The quantitative estimate of drug-likeness (QED) is 0.117. The predicted molar refractivity (Wildman–Crippen MR) is 148 cm³/mol. The van der Waals surface area contributed by atoms with Crippen LogP contribution < -0.4 is 22.5 Å². The maximum atomic E-state index is 13.5. The van der Waals surface area contributed by atoms with E-state index in [0.717, 1.165) is 10.9 Å². The van der Waals surface area contributed by atoms with Crippen LogP contribution in [0.1, 0.15) is 56.9 Å². The third kappa shape index (κ3) is 9.99. The molecule has 2 aromatic rings. The molecule has 0 saturated carbocycles. The molecule has 14 nitrogen and oxygen atoms in total. The van der Waals surface area contributed by atoms with Crippen LogP contribution >= 0.6 is 0 Å². The molecule has 0 unspecified atom stereocenters. The van der Waals surface area contributed by atoms with E-state index in [-0.39, 0.29) is 19.3 Å². The van der Waals surface area contributed by atoms with Crippen molar-refractivity contribution in [3.8, 4) is 0 Å². The summed E-state index contributed by atoms with van der Waals surface area (Å²) in [5.74, 6) is -6.11. The summed E-state index contributed by atoms with van der Waals surface area (Å²) in [7, 11) is 0. The largest absolute Gasteiger partial charge is 0.481 e. The number of aromatic nitrogens is 1. The van der Waals surface area contributed by atoms with Gasteiger partial charge in [-0.25, -0.2) is 4.79 Å². The number of carbonyl (C=O) groups is 6. The number of primary amides is 1. The maximum absolute atomic E-state index is 13.5. The number of hydrogen-bond donors (Lipinski definition) is 7. The van der Waals surface area contributed by atoms with Gasteiger partial charge in [-0.1, -0.05) is 24.6 Å². The Hall–Kier alpha value is -4.30. The first-order valence-electron chi connectivity index (χ1n) is 13.4. The number of para-hydroxylation sites is 1. The number of H-pyrrole nitrogens is 1. The van der Waals surface area contributed by atoms with Gasteiger partial charge in [-0.2, -0.15) is 0 Å². The van der Waals surface area contributed by atoms with Crippen molar-refractivity contribution >= 4 is 46.5 Å². The second kappa shape index (κ2) is 16.1. The summed E-state index contributed by atoms with van der Waals surface area (Å²) in [4.78, 5) is 78.5. The first-order chi connectivity index (χ1) is 19.5. The lowest BCUT2D eigenvalue weighted by atomic mass is 10.0. The fourth-order valence-electron chi connectivity index (χ4n) is 4.37. The van der Waals surface area contributed by atoms with Gasteiger partial charge in [0.1, 0.15) is 12.1 Å². The number of fused-ring (bicyclic) bond motifs is 1. The lowest BCUT2D eigenvalue weighted by molar-refractivity contribution is -0.154. The van der Waals surface area contributed by atoms with E-state index in [1.807, 2.05) is 6.07 Å². The minimum atomic E-state index is -1.62. The van der Waals surface area contributed by atoms with Crippen LogP contribution in [0.5, 0.6) is 0 Å². The SMILES string of the molecule is NCCCCCC(=O)N(C(=O)CC[C@@H](N)C(N)=O)[C@@H](CCC(=O)O)C(=O)N[C@@H](Cc1c[nH]c2ccccc12)C(=O)O. The van der Waals surface area contributed by atoms with E-state index in [9.17, 15) is 39.0 Å². The van der Waals surface area contributed by atoms with Gasteiger partial charge >= 0.3 is 11.9 Å². The number of nitrogens with zero attached hydrogens (tertiary/aromatic N) is 1. The van der Waals surface area contributed by atoms with Gasteiger partial charge in [0, 0.05) is 42.8 Å². The molecule has 0 spiro atoms. The third-order valence-corrected chi connectivity index (χ3v) is 6.63. The number of benzene rings is 1. The lowest BCUT2D eigenvalue weighted by Crippen LogP contribution is -2.56. The van der Waals surface area contributed by atoms with E-state index in [4.69, 9.17) is 17.2 Å². The van der Waals surface area contributed by atoms with Crippen molar-refractivity contribution in [3.63, 3.8) is 0 Å². The standard InChI is InChI=1S/C27H38N6O8/c28-13-5-1-2-8-22(34)33(23(35)11-9-18(29)25(30)38)21(10-12-24(36)37)26(39)32-20(27(40)41)14-16-15-31-19-7-4-3-6-17(16)19/h3-4,6-7,15,18,20-21,31H,1-2,5,8-14,28-29H2,(H2,30,38)(H,32,39)(H,36,37)(H,40,41)/t18-,20+,21+/m1/s1. The van der Waals surface area contributed by atoms with Crippen LogP contribution in [0, 0.1) is 0 Å². The van der Waals surface area contributed by atoms with Crippen LogP contribution in [0.3, 0.4) is 0 Å². The highest BCUT2D eigenvalue weighted by Crippen LogP contribution is 2.20. The number of amides is 4. The number of rotatable bonds is 18. The first-order valence-corrected chi connectivity index (χ1v) is 13.4. The number of nitrogens with two attached hydrogens (primary N) is 3. The molecule has 0 aliphatic carbocycles. The Labute approximate surface area is 236 Å². The summed E-state index contributed by atoms with van der Waals surface area (Å²) in [5.41, 5.74) is 17.7. The number of unbranched alkanes of at least 4 members (excludes halogenated alkanes) is 2. The average molecular weight is 575 g/mol. The molecule has 0 aliphatic heterocycles. The number of aromatic amines is 1. The monoisotopic (exact) mass is 574 g/mol. The van der Waals surface area contributed by atoms with Gasteiger partial charge in [-0.3, -0.25) is 28.9 Å². The van der Waals surface area contributed by atoms with E-state index < -0.39 is 73.0 Å². The molecule has 0 bridgehead atoms. The summed E-state index contributed by atoms with van der Waals surface area (Å²) < 4.78 is 0. The van der Waals surface area contributed by atoms with Gasteiger partial charge in [-0.05, 0) is 43.9 Å². The number of carbonyl (C=O) groups excluding carboxylic acids is 4. The Bertz CT molecular complexity index is 1250. The van der Waals surface area contributed by atoms with Gasteiger partial charge in [-0.15, -0.1) is 0 Å². The van der Waals surface area contributed by atoms with Crippen LogP contribution in [0.4, 0.5) is 0 Å². The summed E-state index contributed by atoms with van der Waals surface area (Å²) in [6.45, 7) is 0.401. The second-order valence-electron chi connectivity index (χ2n) is 9.72. The first kappa shape index (κ1) is 32.9. The zero-order valence-electron chi connectivity index (χ0n) is 22.7. The molecular weight excluding hydrogens is 536 g/mol. The summed E-state index contributed by atoms with van der Waals surface area (Å²) in [6.07, 6.45) is 1.26. The zero-order chi connectivity index (χ0) is 30.5. The van der Waals surface area contributed by atoms with E-state index in [1.54, 1.807) is 24.4 Å². The summed E-state index contributed by atoms with van der Waals surface area (Å²) >= 11 is 0. The average Bonchev–Trinajstić information content (AvgIpc) is 3.33. The second-order valence-corrected chi connectivity index (χ2v) is 9.72. The lowest BCUT2D eigenvalue weighted by Gasteiger charge is -2.30. The van der Waals surface area contributed by atoms with Crippen molar-refractivity contribution in [2.45, 2.75) is 75.9 Å². The number of carboxylic acid groups (broad SMARTS) is 2. The summed E-state index contributed by atoms with van der Waals surface area (Å²) in [5, 5.41) is 22.3. The van der Waals surface area contributed by atoms with Gasteiger partial charge in [0.25, 0.3) is 0 Å². The normalized spacial score (nSPS) is 13.2. The Kier molecular flexibility index (Phi) is 12.9. The Morgan fingerprint density at radius 3 is 2.24 bits per heavy atom. The Morgan fingerprint density at radius 2 is 1.61 bits per heavy atom. The molecule has 10 N–H and O–H groups in total. The molecular formula is C27H38N6O8. The smallest absolute Gasteiger partial charge is 0.326 e. The van der Waals surface area contributed by atoms with Crippen LogP contribution in [0.15, 0.2) is 30.5 Å². The van der Waals surface area contributed by atoms with E-state index in [2.05, 4.69) is 10.3 Å². The molecule has 14 heteroatoms. The van der Waals surface area contributed by atoms with Crippen LogP contribution in [0.25, 0.3) is 10.9 Å². The number of carboxylic acids is 2. The predicted octanol–water partition coefficient (Wildman–Crippen LogP) is -0.0197. The van der Waals surface area contributed by atoms with Gasteiger partial charge in [0.05, 0.1) is 6.04 Å². The molecule has 0 saturated heterocycles. The van der Waals surface area contributed by atoms with Gasteiger partial charge in [0.2, 0.25) is 23.6 Å².